The van der Waals surface area contributed by atoms with Crippen molar-refractivity contribution in [2.75, 3.05) is 13.7 Å². The Morgan fingerprint density at radius 3 is 2.42 bits per heavy atom. The van der Waals surface area contributed by atoms with Gasteiger partial charge in [-0.2, -0.15) is 0 Å². The van der Waals surface area contributed by atoms with Crippen LogP contribution in [-0.4, -0.2) is 47.2 Å². The molecule has 0 saturated heterocycles. The van der Waals surface area contributed by atoms with E-state index in [2.05, 4.69) is 4.74 Å². The fourth-order valence-electron chi connectivity index (χ4n) is 0.715. The standard InChI is InChI=1S/C7H14O5/c1-12-7(11)4-6(10)5(9)2-3-8/h5-6,8-10H,2-4H2,1H3. The molecule has 0 aromatic heterocycles. The predicted molar refractivity (Wildman–Crippen MR) is 40.3 cm³/mol. The first-order valence-corrected chi connectivity index (χ1v) is 3.65. The number of hydrogen-bond donors (Lipinski definition) is 3. The quantitative estimate of drug-likeness (QED) is 0.453. The van der Waals surface area contributed by atoms with Crippen LogP contribution in [0.1, 0.15) is 12.8 Å². The van der Waals surface area contributed by atoms with Gasteiger partial charge in [0.25, 0.3) is 0 Å². The lowest BCUT2D eigenvalue weighted by molar-refractivity contribution is -0.144. The van der Waals surface area contributed by atoms with E-state index in [-0.39, 0.29) is 19.4 Å². The topological polar surface area (TPSA) is 87.0 Å². The van der Waals surface area contributed by atoms with Gasteiger partial charge in [-0.1, -0.05) is 0 Å². The molecular weight excluding hydrogens is 164 g/mol. The van der Waals surface area contributed by atoms with Gasteiger partial charge >= 0.3 is 5.97 Å². The van der Waals surface area contributed by atoms with Gasteiger partial charge in [0.15, 0.2) is 0 Å². The second kappa shape index (κ2) is 5.93. The molecule has 5 nitrogen and oxygen atoms in total. The normalized spacial score (nSPS) is 15.3. The van der Waals surface area contributed by atoms with Crippen molar-refractivity contribution in [2.24, 2.45) is 0 Å². The highest BCUT2D eigenvalue weighted by molar-refractivity contribution is 5.69. The summed E-state index contributed by atoms with van der Waals surface area (Å²) >= 11 is 0. The van der Waals surface area contributed by atoms with Crippen LogP contribution in [0.3, 0.4) is 0 Å². The monoisotopic (exact) mass is 178 g/mol. The Hall–Kier alpha value is -0.650. The number of aliphatic hydroxyl groups is 3. The first kappa shape index (κ1) is 11.4. The van der Waals surface area contributed by atoms with E-state index < -0.39 is 18.2 Å². The zero-order chi connectivity index (χ0) is 9.56. The SMILES string of the molecule is COC(=O)CC(O)C(O)CCO. The van der Waals surface area contributed by atoms with E-state index in [1.54, 1.807) is 0 Å². The number of carbonyl (C=O) groups is 1. The molecule has 0 bridgehead atoms. The van der Waals surface area contributed by atoms with E-state index in [1.807, 2.05) is 0 Å². The third kappa shape index (κ3) is 4.27. The molecule has 0 aliphatic carbocycles. The summed E-state index contributed by atoms with van der Waals surface area (Å²) in [5.74, 6) is -0.584. The van der Waals surface area contributed by atoms with Crippen LogP contribution >= 0.6 is 0 Å². The third-order valence-electron chi connectivity index (χ3n) is 1.47. The van der Waals surface area contributed by atoms with Crippen molar-refractivity contribution in [3.63, 3.8) is 0 Å². The smallest absolute Gasteiger partial charge is 0.308 e. The van der Waals surface area contributed by atoms with Crippen LogP contribution in [0.4, 0.5) is 0 Å². The fourth-order valence-corrected chi connectivity index (χ4v) is 0.715. The summed E-state index contributed by atoms with van der Waals surface area (Å²) in [5, 5.41) is 26.5. The first-order valence-electron chi connectivity index (χ1n) is 3.65. The molecule has 0 rings (SSSR count). The van der Waals surface area contributed by atoms with Gasteiger partial charge in [-0.15, -0.1) is 0 Å². The van der Waals surface area contributed by atoms with E-state index in [9.17, 15) is 4.79 Å². The zero-order valence-corrected chi connectivity index (χ0v) is 6.93. The number of esters is 1. The maximum atomic E-state index is 10.6. The highest BCUT2D eigenvalue weighted by atomic mass is 16.5. The van der Waals surface area contributed by atoms with Gasteiger partial charge in [0.05, 0.1) is 25.7 Å². The van der Waals surface area contributed by atoms with Crippen LogP contribution < -0.4 is 0 Å². The first-order chi connectivity index (χ1) is 5.61. The van der Waals surface area contributed by atoms with Gasteiger partial charge in [0, 0.05) is 6.61 Å². The van der Waals surface area contributed by atoms with Crippen molar-refractivity contribution in [3.8, 4) is 0 Å². The van der Waals surface area contributed by atoms with E-state index in [4.69, 9.17) is 15.3 Å². The highest BCUT2D eigenvalue weighted by Crippen LogP contribution is 2.03. The van der Waals surface area contributed by atoms with Crippen LogP contribution in [-0.2, 0) is 9.53 Å². The maximum absolute atomic E-state index is 10.6. The minimum Gasteiger partial charge on any atom is -0.469 e. The maximum Gasteiger partial charge on any atom is 0.308 e. The van der Waals surface area contributed by atoms with Gasteiger partial charge in [0.1, 0.15) is 0 Å². The van der Waals surface area contributed by atoms with E-state index in [0.29, 0.717) is 0 Å². The van der Waals surface area contributed by atoms with Crippen molar-refractivity contribution in [2.45, 2.75) is 25.0 Å². The molecule has 0 aliphatic heterocycles. The number of rotatable bonds is 5. The van der Waals surface area contributed by atoms with Crippen molar-refractivity contribution in [1.29, 1.82) is 0 Å². The predicted octanol–water partition coefficient (Wildman–Crippen LogP) is -1.35. The Kier molecular flexibility index (Phi) is 5.61. The Balaban J connectivity index is 3.69. The van der Waals surface area contributed by atoms with Gasteiger partial charge in [0.2, 0.25) is 0 Å². The lowest BCUT2D eigenvalue weighted by Crippen LogP contribution is -2.29. The molecule has 0 heterocycles. The number of ether oxygens (including phenoxy) is 1. The van der Waals surface area contributed by atoms with Crippen LogP contribution in [0.15, 0.2) is 0 Å². The fraction of sp³-hybridized carbons (Fsp3) is 0.857. The van der Waals surface area contributed by atoms with Gasteiger partial charge in [-0.05, 0) is 6.42 Å². The van der Waals surface area contributed by atoms with E-state index >= 15 is 0 Å². The third-order valence-corrected chi connectivity index (χ3v) is 1.47. The molecule has 0 aromatic rings. The number of aliphatic hydroxyl groups excluding tert-OH is 3. The molecule has 0 fully saturated rings. The molecular formula is C7H14O5. The Morgan fingerprint density at radius 2 is 2.00 bits per heavy atom. The van der Waals surface area contributed by atoms with Gasteiger partial charge in [-0.3, -0.25) is 4.79 Å². The second-order valence-corrected chi connectivity index (χ2v) is 2.43. The molecule has 0 aliphatic rings. The summed E-state index contributed by atoms with van der Waals surface area (Å²) in [7, 11) is 1.20. The average Bonchev–Trinajstić information content (AvgIpc) is 2.04. The number of carbonyl (C=O) groups excluding carboxylic acids is 1. The summed E-state index contributed by atoms with van der Waals surface area (Å²) in [6.07, 6.45) is -2.44. The molecule has 3 N–H and O–H groups in total. The lowest BCUT2D eigenvalue weighted by atomic mass is 10.1. The minimum absolute atomic E-state index is 0.0537. The molecule has 12 heavy (non-hydrogen) atoms. The van der Waals surface area contributed by atoms with E-state index in [0.717, 1.165) is 0 Å². The average molecular weight is 178 g/mol. The largest absolute Gasteiger partial charge is 0.469 e. The highest BCUT2D eigenvalue weighted by Gasteiger charge is 2.19. The number of methoxy groups -OCH3 is 1. The molecule has 2 atom stereocenters. The zero-order valence-electron chi connectivity index (χ0n) is 6.93. The molecule has 72 valence electrons. The van der Waals surface area contributed by atoms with Crippen molar-refractivity contribution < 1.29 is 24.9 Å². The van der Waals surface area contributed by atoms with Crippen LogP contribution in [0.2, 0.25) is 0 Å². The molecule has 5 heteroatoms. The molecule has 0 aromatic carbocycles. The molecule has 0 amide bonds. The Labute approximate surface area is 70.6 Å². The summed E-state index contributed by atoms with van der Waals surface area (Å²) in [6.45, 7) is -0.223. The lowest BCUT2D eigenvalue weighted by Gasteiger charge is -2.14. The van der Waals surface area contributed by atoms with E-state index in [1.165, 1.54) is 7.11 Å². The summed E-state index contributed by atoms with van der Waals surface area (Å²) in [4.78, 5) is 10.6. The Bertz CT molecular complexity index is 136. The van der Waals surface area contributed by atoms with Gasteiger partial charge < -0.3 is 20.1 Å². The van der Waals surface area contributed by atoms with Crippen molar-refractivity contribution in [1.82, 2.24) is 0 Å². The molecule has 2 unspecified atom stereocenters. The minimum atomic E-state index is -1.16. The molecule has 0 spiro atoms. The summed E-state index contributed by atoms with van der Waals surface area (Å²) < 4.78 is 4.28. The second-order valence-electron chi connectivity index (χ2n) is 2.43. The van der Waals surface area contributed by atoms with Crippen LogP contribution in [0.25, 0.3) is 0 Å². The summed E-state index contributed by atoms with van der Waals surface area (Å²) in [5.41, 5.74) is 0. The number of hydrogen-bond acceptors (Lipinski definition) is 5. The van der Waals surface area contributed by atoms with Crippen molar-refractivity contribution in [3.05, 3.63) is 0 Å². The molecule has 0 saturated carbocycles. The van der Waals surface area contributed by atoms with Crippen LogP contribution in [0.5, 0.6) is 0 Å². The Morgan fingerprint density at radius 1 is 1.42 bits per heavy atom. The van der Waals surface area contributed by atoms with Gasteiger partial charge in [-0.25, -0.2) is 0 Å². The molecule has 0 radical (unpaired) electrons. The van der Waals surface area contributed by atoms with Crippen LogP contribution in [0, 0.1) is 0 Å². The van der Waals surface area contributed by atoms with Crippen molar-refractivity contribution >= 4 is 5.97 Å². The summed E-state index contributed by atoms with van der Waals surface area (Å²) in [6, 6.07) is 0.